The van der Waals surface area contributed by atoms with E-state index in [1.54, 1.807) is 23.5 Å². The molecule has 0 amide bonds. The molecular weight excluding hydrogens is 249 g/mol. The summed E-state index contributed by atoms with van der Waals surface area (Å²) in [5.41, 5.74) is 7.93. The molecule has 0 aliphatic rings. The van der Waals surface area contributed by atoms with Gasteiger partial charge in [-0.05, 0) is 34.5 Å². The highest BCUT2D eigenvalue weighted by molar-refractivity contribution is 7.08. The molecule has 1 aromatic carbocycles. The van der Waals surface area contributed by atoms with E-state index in [-0.39, 0.29) is 6.04 Å². The fourth-order valence-corrected chi connectivity index (χ4v) is 2.76. The minimum atomic E-state index is -0.252. The molecule has 1 aromatic heterocycles. The Bertz CT molecular complexity index is 433. The number of hydrogen-bond acceptors (Lipinski definition) is 2. The molecule has 0 spiro atoms. The smallest absolute Gasteiger partial charge is 0.0589 e. The first-order chi connectivity index (χ1) is 7.20. The first-order valence-corrected chi connectivity index (χ1v) is 6.11. The van der Waals surface area contributed by atoms with Crippen molar-refractivity contribution < 1.29 is 0 Å². The molecular formula is C11H9Cl2NS. The van der Waals surface area contributed by atoms with Gasteiger partial charge in [0.15, 0.2) is 0 Å². The van der Waals surface area contributed by atoms with Gasteiger partial charge in [-0.15, -0.1) is 0 Å². The van der Waals surface area contributed by atoms with E-state index in [9.17, 15) is 0 Å². The van der Waals surface area contributed by atoms with E-state index in [0.29, 0.717) is 10.0 Å². The zero-order chi connectivity index (χ0) is 10.8. The van der Waals surface area contributed by atoms with Crippen LogP contribution in [0.3, 0.4) is 0 Å². The lowest BCUT2D eigenvalue weighted by atomic mass is 10.0. The van der Waals surface area contributed by atoms with E-state index >= 15 is 0 Å². The van der Waals surface area contributed by atoms with Crippen molar-refractivity contribution in [2.45, 2.75) is 6.04 Å². The fourth-order valence-electron chi connectivity index (χ4n) is 1.43. The van der Waals surface area contributed by atoms with Crippen LogP contribution in [0.4, 0.5) is 0 Å². The molecule has 0 aliphatic carbocycles. The summed E-state index contributed by atoms with van der Waals surface area (Å²) in [5, 5.41) is 5.21. The summed E-state index contributed by atoms with van der Waals surface area (Å²) in [6, 6.07) is 7.14. The molecule has 78 valence electrons. The minimum absolute atomic E-state index is 0.252. The normalized spacial score (nSPS) is 12.7. The van der Waals surface area contributed by atoms with Crippen molar-refractivity contribution in [2.75, 3.05) is 0 Å². The quantitative estimate of drug-likeness (QED) is 0.862. The van der Waals surface area contributed by atoms with Gasteiger partial charge in [0.2, 0.25) is 0 Å². The number of benzene rings is 1. The molecule has 0 bridgehead atoms. The summed E-state index contributed by atoms with van der Waals surface area (Å²) < 4.78 is 0. The predicted octanol–water partition coefficient (Wildman–Crippen LogP) is 4.10. The van der Waals surface area contributed by atoms with E-state index in [0.717, 1.165) is 11.1 Å². The summed E-state index contributed by atoms with van der Waals surface area (Å²) in [6.45, 7) is 0. The number of thiophene rings is 1. The van der Waals surface area contributed by atoms with E-state index in [4.69, 9.17) is 28.9 Å². The number of rotatable bonds is 2. The summed E-state index contributed by atoms with van der Waals surface area (Å²) in [4.78, 5) is 0. The van der Waals surface area contributed by atoms with E-state index in [1.165, 1.54) is 0 Å². The lowest BCUT2D eigenvalue weighted by Crippen LogP contribution is -2.11. The average molecular weight is 258 g/mol. The monoisotopic (exact) mass is 257 g/mol. The van der Waals surface area contributed by atoms with Crippen molar-refractivity contribution in [1.82, 2.24) is 0 Å². The standard InChI is InChI=1S/C11H9Cl2NS/c12-8-2-1-3-9(13)10(8)11(14)7-4-5-15-6-7/h1-6,11H,14H2/t11-/m0/s1. The Kier molecular flexibility index (Phi) is 3.32. The molecule has 2 N–H and O–H groups in total. The second-order valence-electron chi connectivity index (χ2n) is 3.17. The van der Waals surface area contributed by atoms with Gasteiger partial charge < -0.3 is 5.73 Å². The molecule has 2 rings (SSSR count). The number of halogens is 2. The van der Waals surface area contributed by atoms with Crippen molar-refractivity contribution >= 4 is 34.5 Å². The van der Waals surface area contributed by atoms with Crippen LogP contribution in [0.5, 0.6) is 0 Å². The van der Waals surface area contributed by atoms with Gasteiger partial charge in [-0.2, -0.15) is 11.3 Å². The van der Waals surface area contributed by atoms with Crippen LogP contribution < -0.4 is 5.73 Å². The number of hydrogen-bond donors (Lipinski definition) is 1. The van der Waals surface area contributed by atoms with Crippen molar-refractivity contribution in [3.05, 3.63) is 56.2 Å². The second-order valence-corrected chi connectivity index (χ2v) is 4.76. The highest BCUT2D eigenvalue weighted by Crippen LogP contribution is 2.33. The Morgan fingerprint density at radius 1 is 1.13 bits per heavy atom. The number of nitrogens with two attached hydrogens (primary N) is 1. The van der Waals surface area contributed by atoms with Crippen molar-refractivity contribution in [3.8, 4) is 0 Å². The Morgan fingerprint density at radius 3 is 2.33 bits per heavy atom. The van der Waals surface area contributed by atoms with Crippen LogP contribution in [-0.4, -0.2) is 0 Å². The third-order valence-corrected chi connectivity index (χ3v) is 3.57. The molecule has 0 unspecified atom stereocenters. The Balaban J connectivity index is 2.46. The van der Waals surface area contributed by atoms with Gasteiger partial charge in [0.05, 0.1) is 6.04 Å². The van der Waals surface area contributed by atoms with Crippen molar-refractivity contribution in [3.63, 3.8) is 0 Å². The zero-order valence-corrected chi connectivity index (χ0v) is 10.1. The van der Waals surface area contributed by atoms with Crippen LogP contribution in [-0.2, 0) is 0 Å². The molecule has 15 heavy (non-hydrogen) atoms. The third kappa shape index (κ3) is 2.18. The molecule has 0 aliphatic heterocycles. The van der Waals surface area contributed by atoms with Gasteiger partial charge in [0.1, 0.15) is 0 Å². The second kappa shape index (κ2) is 4.54. The van der Waals surface area contributed by atoms with Crippen molar-refractivity contribution in [2.24, 2.45) is 5.73 Å². The van der Waals surface area contributed by atoms with Gasteiger partial charge in [-0.3, -0.25) is 0 Å². The molecule has 1 heterocycles. The molecule has 0 saturated carbocycles. The van der Waals surface area contributed by atoms with E-state index in [2.05, 4.69) is 0 Å². The summed E-state index contributed by atoms with van der Waals surface area (Å²) in [6.07, 6.45) is 0. The van der Waals surface area contributed by atoms with Crippen LogP contribution in [0.1, 0.15) is 17.2 Å². The molecule has 1 atom stereocenters. The summed E-state index contributed by atoms with van der Waals surface area (Å²) >= 11 is 13.8. The Hall–Kier alpha value is -0.540. The van der Waals surface area contributed by atoms with Crippen LogP contribution in [0.2, 0.25) is 10.0 Å². The van der Waals surface area contributed by atoms with Crippen LogP contribution in [0, 0.1) is 0 Å². The topological polar surface area (TPSA) is 26.0 Å². The van der Waals surface area contributed by atoms with Gasteiger partial charge in [0, 0.05) is 15.6 Å². The maximum Gasteiger partial charge on any atom is 0.0589 e. The SMILES string of the molecule is N[C@@H](c1ccsc1)c1c(Cl)cccc1Cl. The van der Waals surface area contributed by atoms with E-state index in [1.807, 2.05) is 22.9 Å². The van der Waals surface area contributed by atoms with Crippen LogP contribution in [0.25, 0.3) is 0 Å². The molecule has 4 heteroatoms. The zero-order valence-electron chi connectivity index (χ0n) is 7.78. The summed E-state index contributed by atoms with van der Waals surface area (Å²) in [5.74, 6) is 0. The molecule has 0 saturated heterocycles. The van der Waals surface area contributed by atoms with Gasteiger partial charge in [-0.25, -0.2) is 0 Å². The Labute approximate surface area is 102 Å². The maximum absolute atomic E-state index is 6.10. The average Bonchev–Trinajstić information content (AvgIpc) is 2.69. The molecule has 1 nitrogen and oxygen atoms in total. The van der Waals surface area contributed by atoms with Gasteiger partial charge in [0.25, 0.3) is 0 Å². The molecule has 0 radical (unpaired) electrons. The first-order valence-electron chi connectivity index (χ1n) is 4.41. The summed E-state index contributed by atoms with van der Waals surface area (Å²) in [7, 11) is 0. The van der Waals surface area contributed by atoms with Crippen LogP contribution in [0.15, 0.2) is 35.0 Å². The first kappa shape index (κ1) is 11.0. The minimum Gasteiger partial charge on any atom is -0.320 e. The molecule has 2 aromatic rings. The highest BCUT2D eigenvalue weighted by atomic mass is 35.5. The van der Waals surface area contributed by atoms with Gasteiger partial charge >= 0.3 is 0 Å². The van der Waals surface area contributed by atoms with E-state index < -0.39 is 0 Å². The molecule has 0 fully saturated rings. The lowest BCUT2D eigenvalue weighted by Gasteiger charge is -2.13. The largest absolute Gasteiger partial charge is 0.320 e. The third-order valence-electron chi connectivity index (χ3n) is 2.21. The predicted molar refractivity (Wildman–Crippen MR) is 66.8 cm³/mol. The maximum atomic E-state index is 6.10. The highest BCUT2D eigenvalue weighted by Gasteiger charge is 2.15. The lowest BCUT2D eigenvalue weighted by molar-refractivity contribution is 0.877. The van der Waals surface area contributed by atoms with Crippen molar-refractivity contribution in [1.29, 1.82) is 0 Å². The fraction of sp³-hybridized carbons (Fsp3) is 0.0909. The van der Waals surface area contributed by atoms with Gasteiger partial charge in [-0.1, -0.05) is 29.3 Å². The Morgan fingerprint density at radius 2 is 1.80 bits per heavy atom. The van der Waals surface area contributed by atoms with Crippen LogP contribution >= 0.6 is 34.5 Å².